The Balaban J connectivity index is 1.85. The van der Waals surface area contributed by atoms with Crippen molar-refractivity contribution < 1.29 is 5.11 Å². The van der Waals surface area contributed by atoms with Crippen LogP contribution >= 0.6 is 0 Å². The van der Waals surface area contributed by atoms with Crippen LogP contribution in [0.2, 0.25) is 0 Å². The second-order valence-electron chi connectivity index (χ2n) is 4.34. The fourth-order valence-electron chi connectivity index (χ4n) is 2.10. The summed E-state index contributed by atoms with van der Waals surface area (Å²) in [6.07, 6.45) is 5.00. The van der Waals surface area contributed by atoms with E-state index in [2.05, 4.69) is 15.1 Å². The molecule has 0 aliphatic heterocycles. The lowest BCUT2D eigenvalue weighted by Gasteiger charge is -2.07. The quantitative estimate of drug-likeness (QED) is 0.763. The fourth-order valence-corrected chi connectivity index (χ4v) is 2.10. The van der Waals surface area contributed by atoms with Crippen LogP contribution in [0.25, 0.3) is 5.65 Å². The zero-order valence-corrected chi connectivity index (χ0v) is 10.6. The first-order chi connectivity index (χ1) is 9.28. The smallest absolute Gasteiger partial charge is 0.138 e. The molecule has 0 saturated carbocycles. The van der Waals surface area contributed by atoms with E-state index in [1.54, 1.807) is 4.68 Å². The molecule has 6 heteroatoms. The topological polar surface area (TPSA) is 68.2 Å². The summed E-state index contributed by atoms with van der Waals surface area (Å²) < 4.78 is 3.67. The van der Waals surface area contributed by atoms with Crippen molar-refractivity contribution in [3.8, 4) is 0 Å². The molecule has 0 saturated heterocycles. The van der Waals surface area contributed by atoms with E-state index in [0.717, 1.165) is 18.0 Å². The number of aromatic nitrogens is 5. The van der Waals surface area contributed by atoms with Crippen molar-refractivity contribution in [3.05, 3.63) is 48.4 Å². The Morgan fingerprint density at radius 3 is 3.05 bits per heavy atom. The molecule has 0 radical (unpaired) electrons. The van der Waals surface area contributed by atoms with E-state index in [4.69, 9.17) is 0 Å². The average molecular weight is 257 g/mol. The van der Waals surface area contributed by atoms with Gasteiger partial charge in [-0.25, -0.2) is 9.97 Å². The molecule has 3 rings (SSSR count). The Hall–Kier alpha value is -2.21. The van der Waals surface area contributed by atoms with Gasteiger partial charge in [-0.15, -0.1) is 0 Å². The molecule has 0 amide bonds. The van der Waals surface area contributed by atoms with Gasteiger partial charge in [-0.2, -0.15) is 5.10 Å². The molecule has 0 aliphatic carbocycles. The summed E-state index contributed by atoms with van der Waals surface area (Å²) in [4.78, 5) is 8.57. The maximum absolute atomic E-state index is 10.3. The summed E-state index contributed by atoms with van der Waals surface area (Å²) in [5.74, 6) is 0.770. The molecule has 6 nitrogen and oxygen atoms in total. The third kappa shape index (κ3) is 2.22. The first-order valence-electron chi connectivity index (χ1n) is 6.26. The van der Waals surface area contributed by atoms with Crippen molar-refractivity contribution in [1.82, 2.24) is 24.1 Å². The molecule has 0 spiro atoms. The largest absolute Gasteiger partial charge is 0.386 e. The molecule has 1 N–H and O–H groups in total. The number of hydrogen-bond donors (Lipinski definition) is 1. The van der Waals surface area contributed by atoms with Gasteiger partial charge >= 0.3 is 0 Å². The molecule has 19 heavy (non-hydrogen) atoms. The zero-order valence-electron chi connectivity index (χ0n) is 10.6. The molecule has 0 aliphatic rings. The van der Waals surface area contributed by atoms with Crippen molar-refractivity contribution in [2.45, 2.75) is 26.0 Å². The van der Waals surface area contributed by atoms with E-state index < -0.39 is 6.10 Å². The van der Waals surface area contributed by atoms with Crippen molar-refractivity contribution in [1.29, 1.82) is 0 Å². The van der Waals surface area contributed by atoms with Gasteiger partial charge in [0.2, 0.25) is 0 Å². The maximum Gasteiger partial charge on any atom is 0.138 e. The highest BCUT2D eigenvalue weighted by atomic mass is 16.3. The van der Waals surface area contributed by atoms with E-state index >= 15 is 0 Å². The second-order valence-corrected chi connectivity index (χ2v) is 4.34. The molecule has 0 bridgehead atoms. The van der Waals surface area contributed by atoms with E-state index in [1.165, 1.54) is 6.33 Å². The molecule has 3 aromatic heterocycles. The Kier molecular flexibility index (Phi) is 3.00. The van der Waals surface area contributed by atoms with Gasteiger partial charge < -0.3 is 9.51 Å². The van der Waals surface area contributed by atoms with Crippen molar-refractivity contribution in [3.63, 3.8) is 0 Å². The van der Waals surface area contributed by atoms with E-state index in [9.17, 15) is 5.11 Å². The highest BCUT2D eigenvalue weighted by molar-refractivity contribution is 5.39. The van der Waals surface area contributed by atoms with Gasteiger partial charge in [-0.1, -0.05) is 6.07 Å². The summed E-state index contributed by atoms with van der Waals surface area (Å²) >= 11 is 0. The minimum Gasteiger partial charge on any atom is -0.386 e. The standard InChI is InChI=1S/C13H15N5O/c1-2-18-13(14-9-15-18)7-11(19)10-8-17-6-4-3-5-12(17)16-10/h3-6,8-9,11,19H,2,7H2,1H3. The Morgan fingerprint density at radius 2 is 2.26 bits per heavy atom. The highest BCUT2D eigenvalue weighted by Crippen LogP contribution is 2.17. The minimum atomic E-state index is -0.672. The molecule has 1 unspecified atom stereocenters. The Bertz CT molecular complexity index is 654. The molecule has 3 heterocycles. The third-order valence-electron chi connectivity index (χ3n) is 3.10. The van der Waals surface area contributed by atoms with Crippen molar-refractivity contribution in [2.24, 2.45) is 0 Å². The first kappa shape index (κ1) is 11.9. The highest BCUT2D eigenvalue weighted by Gasteiger charge is 2.15. The van der Waals surface area contributed by atoms with Crippen LogP contribution in [-0.4, -0.2) is 29.3 Å². The van der Waals surface area contributed by atoms with E-state index in [-0.39, 0.29) is 0 Å². The summed E-state index contributed by atoms with van der Waals surface area (Å²) in [6, 6.07) is 5.76. The number of nitrogens with zero attached hydrogens (tertiary/aromatic N) is 5. The number of pyridine rings is 1. The summed E-state index contributed by atoms with van der Waals surface area (Å²) in [5, 5.41) is 14.3. The number of aliphatic hydroxyl groups excluding tert-OH is 1. The molecule has 98 valence electrons. The van der Waals surface area contributed by atoms with Crippen LogP contribution in [-0.2, 0) is 13.0 Å². The SMILES string of the molecule is CCn1ncnc1CC(O)c1cn2ccccc2n1. The van der Waals surface area contributed by atoms with Gasteiger partial charge in [0, 0.05) is 25.4 Å². The Morgan fingerprint density at radius 1 is 1.37 bits per heavy atom. The average Bonchev–Trinajstić information content (AvgIpc) is 3.03. The lowest BCUT2D eigenvalue weighted by Crippen LogP contribution is -2.09. The van der Waals surface area contributed by atoms with Gasteiger partial charge in [-0.05, 0) is 19.1 Å². The Labute approximate surface area is 110 Å². The van der Waals surface area contributed by atoms with Crippen LogP contribution < -0.4 is 0 Å². The van der Waals surface area contributed by atoms with Crippen molar-refractivity contribution >= 4 is 5.65 Å². The predicted octanol–water partition coefficient (Wildman–Crippen LogP) is 1.22. The summed E-state index contributed by atoms with van der Waals surface area (Å²) in [5.41, 5.74) is 1.48. The first-order valence-corrected chi connectivity index (χ1v) is 6.26. The van der Waals surface area contributed by atoms with Crippen LogP contribution in [0, 0.1) is 0 Å². The minimum absolute atomic E-state index is 0.414. The molecule has 1 atom stereocenters. The third-order valence-corrected chi connectivity index (χ3v) is 3.10. The maximum atomic E-state index is 10.3. The predicted molar refractivity (Wildman–Crippen MR) is 69.6 cm³/mol. The van der Waals surface area contributed by atoms with Crippen molar-refractivity contribution in [2.75, 3.05) is 0 Å². The summed E-state index contributed by atoms with van der Waals surface area (Å²) in [6.45, 7) is 2.74. The van der Waals surface area contributed by atoms with Gasteiger partial charge in [0.15, 0.2) is 0 Å². The molecular weight excluding hydrogens is 242 g/mol. The number of rotatable bonds is 4. The number of hydrogen-bond acceptors (Lipinski definition) is 4. The fraction of sp³-hybridized carbons (Fsp3) is 0.308. The lowest BCUT2D eigenvalue weighted by atomic mass is 10.2. The monoisotopic (exact) mass is 257 g/mol. The molecule has 3 aromatic rings. The number of aryl methyl sites for hydroxylation is 1. The normalized spacial score (nSPS) is 12.9. The lowest BCUT2D eigenvalue weighted by molar-refractivity contribution is 0.170. The van der Waals surface area contributed by atoms with Gasteiger partial charge in [0.05, 0.1) is 5.69 Å². The van der Waals surface area contributed by atoms with Gasteiger partial charge in [0.25, 0.3) is 0 Å². The zero-order chi connectivity index (χ0) is 13.2. The molecule has 0 fully saturated rings. The second kappa shape index (κ2) is 4.81. The van der Waals surface area contributed by atoms with Crippen LogP contribution in [0.5, 0.6) is 0 Å². The molecule has 0 aromatic carbocycles. The van der Waals surface area contributed by atoms with Crippen LogP contribution in [0.15, 0.2) is 36.9 Å². The van der Waals surface area contributed by atoms with Crippen LogP contribution in [0.3, 0.4) is 0 Å². The van der Waals surface area contributed by atoms with Crippen LogP contribution in [0.4, 0.5) is 0 Å². The van der Waals surface area contributed by atoms with E-state index in [0.29, 0.717) is 12.1 Å². The van der Waals surface area contributed by atoms with Gasteiger partial charge in [-0.3, -0.25) is 4.68 Å². The van der Waals surface area contributed by atoms with Gasteiger partial charge in [0.1, 0.15) is 23.9 Å². The van der Waals surface area contributed by atoms with Crippen LogP contribution in [0.1, 0.15) is 24.5 Å². The molecular formula is C13H15N5O. The number of fused-ring (bicyclic) bond motifs is 1. The summed E-state index contributed by atoms with van der Waals surface area (Å²) in [7, 11) is 0. The van der Waals surface area contributed by atoms with E-state index in [1.807, 2.05) is 41.9 Å². The number of aliphatic hydroxyl groups is 1. The number of imidazole rings is 1.